The Bertz CT molecular complexity index is 808. The number of aliphatic carboxylic acids is 2. The highest BCUT2D eigenvalue weighted by molar-refractivity contribution is 8.00. The number of carbonyl (C=O) groups is 4. The maximum atomic E-state index is 12.3. The fourth-order valence-electron chi connectivity index (χ4n) is 2.66. The number of amides is 2. The van der Waals surface area contributed by atoms with Crippen LogP contribution in [0.3, 0.4) is 0 Å². The summed E-state index contributed by atoms with van der Waals surface area (Å²) >= 11 is 1.09. The summed E-state index contributed by atoms with van der Waals surface area (Å²) in [6.45, 7) is -0.298. The average molecular weight is 378 g/mol. The van der Waals surface area contributed by atoms with Crippen molar-refractivity contribution in [2.24, 2.45) is 0 Å². The van der Waals surface area contributed by atoms with Crippen molar-refractivity contribution >= 4 is 35.5 Å². The van der Waals surface area contributed by atoms with Gasteiger partial charge in [0.2, 0.25) is 0 Å². The lowest BCUT2D eigenvalue weighted by Crippen LogP contribution is -2.71. The summed E-state index contributed by atoms with van der Waals surface area (Å²) in [5.41, 5.74) is -0.887. The first kappa shape index (κ1) is 17.8. The number of hydrogen-bond donors (Lipinski definition) is 3. The second-order valence-corrected chi connectivity index (χ2v) is 6.60. The lowest BCUT2D eigenvalue weighted by molar-refractivity contribution is -0.151. The molecule has 1 fully saturated rings. The number of benzene rings is 1. The molecular weight excluding hydrogens is 364 g/mol. The van der Waals surface area contributed by atoms with E-state index in [1.807, 2.05) is 0 Å². The van der Waals surface area contributed by atoms with Crippen LogP contribution in [0.1, 0.15) is 0 Å². The van der Waals surface area contributed by atoms with Crippen LogP contribution in [0.25, 0.3) is 0 Å². The van der Waals surface area contributed by atoms with Crippen molar-refractivity contribution in [1.29, 1.82) is 0 Å². The quantitative estimate of drug-likeness (QED) is 0.584. The number of nitrogens with zero attached hydrogens (tertiary/aromatic N) is 1. The van der Waals surface area contributed by atoms with Crippen LogP contribution in [0.5, 0.6) is 5.75 Å². The number of nitrogens with one attached hydrogen (secondary N) is 1. The molecule has 0 radical (unpaired) electrons. The lowest BCUT2D eigenvalue weighted by atomic mass is 10.0. The SMILES string of the molecule is O=C(COc1ccccc1)NC1C(=O)N2C(C(=O)O)=C(C(=O)O)CS[C@H]12. The number of thioether (sulfide) groups is 1. The maximum Gasteiger partial charge on any atom is 0.353 e. The third kappa shape index (κ3) is 3.23. The smallest absolute Gasteiger partial charge is 0.353 e. The molecule has 1 aromatic rings. The molecule has 2 heterocycles. The monoisotopic (exact) mass is 378 g/mol. The van der Waals surface area contributed by atoms with Crippen molar-refractivity contribution in [2.75, 3.05) is 12.4 Å². The van der Waals surface area contributed by atoms with Crippen molar-refractivity contribution in [3.8, 4) is 5.75 Å². The zero-order valence-electron chi connectivity index (χ0n) is 13.2. The van der Waals surface area contributed by atoms with Crippen LogP contribution >= 0.6 is 11.8 Å². The summed E-state index contributed by atoms with van der Waals surface area (Å²) < 4.78 is 5.29. The molecule has 2 atom stereocenters. The number of para-hydroxylation sites is 1. The highest BCUT2D eigenvalue weighted by atomic mass is 32.2. The van der Waals surface area contributed by atoms with Crippen molar-refractivity contribution < 1.29 is 34.1 Å². The third-order valence-corrected chi connectivity index (χ3v) is 5.14. The first-order valence-corrected chi connectivity index (χ1v) is 8.56. The van der Waals surface area contributed by atoms with Crippen molar-refractivity contribution in [2.45, 2.75) is 11.4 Å². The fraction of sp³-hybridized carbons (Fsp3) is 0.250. The first-order valence-electron chi connectivity index (χ1n) is 7.51. The molecule has 10 heteroatoms. The van der Waals surface area contributed by atoms with Gasteiger partial charge in [-0.25, -0.2) is 9.59 Å². The van der Waals surface area contributed by atoms with Gasteiger partial charge in [-0.05, 0) is 12.1 Å². The van der Waals surface area contributed by atoms with Gasteiger partial charge >= 0.3 is 11.9 Å². The molecule has 136 valence electrons. The van der Waals surface area contributed by atoms with Crippen molar-refractivity contribution in [1.82, 2.24) is 10.2 Å². The molecule has 3 N–H and O–H groups in total. The van der Waals surface area contributed by atoms with Crippen LogP contribution in [0, 0.1) is 0 Å². The van der Waals surface area contributed by atoms with Crippen LogP contribution in [-0.4, -0.2) is 62.6 Å². The molecule has 0 aromatic heterocycles. The van der Waals surface area contributed by atoms with Crippen molar-refractivity contribution in [3.63, 3.8) is 0 Å². The highest BCUT2D eigenvalue weighted by Gasteiger charge is 2.55. The van der Waals surface area contributed by atoms with E-state index in [2.05, 4.69) is 5.32 Å². The molecule has 1 unspecified atom stereocenters. The van der Waals surface area contributed by atoms with Crippen LogP contribution in [0.4, 0.5) is 0 Å². The van der Waals surface area contributed by atoms with E-state index >= 15 is 0 Å². The van der Waals surface area contributed by atoms with Gasteiger partial charge < -0.3 is 20.3 Å². The van der Waals surface area contributed by atoms with Gasteiger partial charge in [0.25, 0.3) is 11.8 Å². The largest absolute Gasteiger partial charge is 0.484 e. The van der Waals surface area contributed by atoms with Gasteiger partial charge in [0.15, 0.2) is 6.61 Å². The Balaban J connectivity index is 1.64. The molecule has 0 spiro atoms. The minimum atomic E-state index is -1.49. The predicted molar refractivity (Wildman–Crippen MR) is 89.3 cm³/mol. The Hall–Kier alpha value is -3.01. The highest BCUT2D eigenvalue weighted by Crippen LogP contribution is 2.40. The minimum absolute atomic E-state index is 0.0711. The van der Waals surface area contributed by atoms with E-state index in [0.29, 0.717) is 5.75 Å². The first-order chi connectivity index (χ1) is 12.4. The summed E-state index contributed by atoms with van der Waals surface area (Å²) in [5.74, 6) is -3.64. The number of ether oxygens (including phenoxy) is 1. The molecule has 3 rings (SSSR count). The van der Waals surface area contributed by atoms with E-state index in [-0.39, 0.29) is 17.9 Å². The normalized spacial score (nSPS) is 21.5. The van der Waals surface area contributed by atoms with Crippen LogP contribution in [-0.2, 0) is 19.2 Å². The zero-order valence-corrected chi connectivity index (χ0v) is 14.1. The maximum absolute atomic E-state index is 12.3. The molecule has 0 bridgehead atoms. The Labute approximate surface area is 151 Å². The van der Waals surface area contributed by atoms with E-state index in [1.165, 1.54) is 0 Å². The number of carbonyl (C=O) groups excluding carboxylic acids is 2. The fourth-order valence-corrected chi connectivity index (χ4v) is 4.00. The standard InChI is InChI=1S/C16H14N2O7S/c19-10(6-25-8-4-2-1-3-5-8)17-11-13(20)18-12(16(23)24)9(15(21)22)7-26-14(11)18/h1-5,11,14H,6-7H2,(H,17,19)(H,21,22)(H,23,24)/t11?,14-/m1/s1. The molecule has 2 amide bonds. The Morgan fingerprint density at radius 2 is 1.88 bits per heavy atom. The van der Waals surface area contributed by atoms with Crippen molar-refractivity contribution in [3.05, 3.63) is 41.6 Å². The Kier molecular flexibility index (Phi) is 4.85. The predicted octanol–water partition coefficient (Wildman–Crippen LogP) is -0.111. The van der Waals surface area contributed by atoms with E-state index in [9.17, 15) is 24.3 Å². The Morgan fingerprint density at radius 3 is 2.50 bits per heavy atom. The third-order valence-electron chi connectivity index (χ3n) is 3.86. The topological polar surface area (TPSA) is 133 Å². The van der Waals surface area contributed by atoms with E-state index in [1.54, 1.807) is 30.3 Å². The summed E-state index contributed by atoms with van der Waals surface area (Å²) in [4.78, 5) is 47.7. The Morgan fingerprint density at radius 1 is 1.19 bits per heavy atom. The molecule has 2 aliphatic rings. The molecule has 0 aliphatic carbocycles. The second kappa shape index (κ2) is 7.08. The molecule has 2 aliphatic heterocycles. The number of carboxylic acids is 2. The summed E-state index contributed by atoms with van der Waals surface area (Å²) in [6.07, 6.45) is 0. The molecule has 26 heavy (non-hydrogen) atoms. The second-order valence-electron chi connectivity index (χ2n) is 5.49. The van der Waals surface area contributed by atoms with Crippen LogP contribution in [0.2, 0.25) is 0 Å². The lowest BCUT2D eigenvalue weighted by Gasteiger charge is -2.48. The molecule has 9 nitrogen and oxygen atoms in total. The van der Waals surface area contributed by atoms with Gasteiger partial charge in [0.1, 0.15) is 22.9 Å². The molecule has 1 saturated heterocycles. The summed E-state index contributed by atoms with van der Waals surface area (Å²) in [6, 6.07) is 7.73. The van der Waals surface area contributed by atoms with E-state index in [0.717, 1.165) is 16.7 Å². The van der Waals surface area contributed by atoms with Gasteiger partial charge in [0, 0.05) is 5.75 Å². The van der Waals surface area contributed by atoms with Gasteiger partial charge in [-0.15, -0.1) is 11.8 Å². The van der Waals surface area contributed by atoms with Crippen LogP contribution < -0.4 is 10.1 Å². The van der Waals surface area contributed by atoms with E-state index in [4.69, 9.17) is 9.84 Å². The summed E-state index contributed by atoms with van der Waals surface area (Å²) in [7, 11) is 0. The number of fused-ring (bicyclic) bond motifs is 1. The van der Waals surface area contributed by atoms with Gasteiger partial charge in [-0.1, -0.05) is 18.2 Å². The van der Waals surface area contributed by atoms with Crippen LogP contribution in [0.15, 0.2) is 41.6 Å². The minimum Gasteiger partial charge on any atom is -0.484 e. The average Bonchev–Trinajstić information content (AvgIpc) is 2.63. The molecule has 0 saturated carbocycles. The summed E-state index contributed by atoms with van der Waals surface area (Å²) in [5, 5.41) is 20.2. The molecular formula is C16H14N2O7S. The number of β-lactam (4-membered cyclic amide) rings is 1. The van der Waals surface area contributed by atoms with E-state index < -0.39 is 40.9 Å². The number of rotatable bonds is 6. The molecule has 1 aromatic carbocycles. The number of hydrogen-bond acceptors (Lipinski definition) is 6. The van der Waals surface area contributed by atoms with Gasteiger partial charge in [-0.3, -0.25) is 14.5 Å². The van der Waals surface area contributed by atoms with Gasteiger partial charge in [-0.2, -0.15) is 0 Å². The number of carboxylic acid groups (broad SMARTS) is 2. The zero-order chi connectivity index (χ0) is 18.8. The van der Waals surface area contributed by atoms with Gasteiger partial charge in [0.05, 0.1) is 5.57 Å².